The number of halogens is 1. The van der Waals surface area contributed by atoms with Gasteiger partial charge in [-0.2, -0.15) is 0 Å². The molecule has 0 aromatic heterocycles. The third kappa shape index (κ3) is 6.39. The molecule has 4 amide bonds. The lowest BCUT2D eigenvalue weighted by Crippen LogP contribution is -2.41. The first-order chi connectivity index (χ1) is 14.0. The molecule has 0 spiro atoms. The van der Waals surface area contributed by atoms with Crippen LogP contribution in [0.5, 0.6) is 0 Å². The van der Waals surface area contributed by atoms with Gasteiger partial charge in [0.2, 0.25) is 0 Å². The Hall–Kier alpha value is -2.73. The van der Waals surface area contributed by atoms with E-state index in [2.05, 4.69) is 16.0 Å². The van der Waals surface area contributed by atoms with Gasteiger partial charge < -0.3 is 20.9 Å². The number of piperidine rings is 1. The highest BCUT2D eigenvalue weighted by atomic mass is 35.5. The topological polar surface area (TPSA) is 73.5 Å². The van der Waals surface area contributed by atoms with Gasteiger partial charge in [0.25, 0.3) is 0 Å². The van der Waals surface area contributed by atoms with Crippen LogP contribution in [0.2, 0.25) is 5.02 Å². The van der Waals surface area contributed by atoms with Crippen LogP contribution in [-0.2, 0) is 0 Å². The number of likely N-dealkylation sites (tertiary alicyclic amines) is 1. The third-order valence-corrected chi connectivity index (χ3v) is 5.44. The highest BCUT2D eigenvalue weighted by Gasteiger charge is 2.22. The zero-order valence-corrected chi connectivity index (χ0v) is 17.3. The Morgan fingerprint density at radius 2 is 1.83 bits per heavy atom. The highest BCUT2D eigenvalue weighted by molar-refractivity contribution is 6.30. The smallest absolute Gasteiger partial charge is 0.321 e. The minimum absolute atomic E-state index is 0.0959. The normalized spacial score (nSPS) is 14.3. The maximum absolute atomic E-state index is 12.4. The second-order valence-electron chi connectivity index (χ2n) is 7.36. The van der Waals surface area contributed by atoms with Gasteiger partial charge in [-0.25, -0.2) is 9.59 Å². The summed E-state index contributed by atoms with van der Waals surface area (Å²) in [7, 11) is 0. The third-order valence-electron chi connectivity index (χ3n) is 5.21. The van der Waals surface area contributed by atoms with Gasteiger partial charge in [0.1, 0.15) is 0 Å². The molecular weight excluding hydrogens is 388 g/mol. The first kappa shape index (κ1) is 21.0. The summed E-state index contributed by atoms with van der Waals surface area (Å²) in [4.78, 5) is 26.3. The van der Waals surface area contributed by atoms with E-state index in [-0.39, 0.29) is 12.1 Å². The Kier molecular flexibility index (Phi) is 7.36. The van der Waals surface area contributed by atoms with Crippen LogP contribution in [-0.4, -0.2) is 36.6 Å². The van der Waals surface area contributed by atoms with Gasteiger partial charge in [-0.3, -0.25) is 0 Å². The number of nitrogens with one attached hydrogen (secondary N) is 3. The molecule has 0 radical (unpaired) electrons. The van der Waals surface area contributed by atoms with Gasteiger partial charge >= 0.3 is 12.1 Å². The molecule has 6 nitrogen and oxygen atoms in total. The van der Waals surface area contributed by atoms with E-state index >= 15 is 0 Å². The zero-order valence-electron chi connectivity index (χ0n) is 16.6. The van der Waals surface area contributed by atoms with Crippen molar-refractivity contribution in [2.75, 3.05) is 30.3 Å². The van der Waals surface area contributed by atoms with Crippen LogP contribution >= 0.6 is 11.6 Å². The van der Waals surface area contributed by atoms with E-state index in [1.54, 1.807) is 12.1 Å². The minimum atomic E-state index is -0.183. The van der Waals surface area contributed by atoms with Gasteiger partial charge in [-0.1, -0.05) is 35.9 Å². The molecule has 0 bridgehead atoms. The summed E-state index contributed by atoms with van der Waals surface area (Å²) >= 11 is 5.96. The molecule has 1 saturated heterocycles. The Labute approximate surface area is 176 Å². The van der Waals surface area contributed by atoms with Gasteiger partial charge in [0, 0.05) is 36.0 Å². The van der Waals surface area contributed by atoms with Crippen LogP contribution in [0.25, 0.3) is 0 Å². The first-order valence-corrected chi connectivity index (χ1v) is 10.3. The SMILES string of the molecule is Cc1ccccc1NC(=O)NCCC1CCN(C(=O)Nc2cccc(Cl)c2)CC1. The number of nitrogens with zero attached hydrogens (tertiary/aromatic N) is 1. The number of para-hydroxylation sites is 1. The summed E-state index contributed by atoms with van der Waals surface area (Å²) in [6, 6.07) is 14.6. The van der Waals surface area contributed by atoms with Crippen LogP contribution in [0.4, 0.5) is 21.0 Å². The number of anilines is 2. The number of amides is 4. The molecule has 0 unspecified atom stereocenters. The molecule has 154 valence electrons. The Balaban J connectivity index is 1.35. The van der Waals surface area contributed by atoms with Crippen molar-refractivity contribution in [3.8, 4) is 0 Å². The van der Waals surface area contributed by atoms with Crippen molar-refractivity contribution in [2.45, 2.75) is 26.2 Å². The molecule has 7 heteroatoms. The van der Waals surface area contributed by atoms with Crippen molar-refractivity contribution >= 4 is 35.0 Å². The van der Waals surface area contributed by atoms with Gasteiger partial charge in [-0.15, -0.1) is 0 Å². The summed E-state index contributed by atoms with van der Waals surface area (Å²) in [5, 5.41) is 9.29. The average molecular weight is 415 g/mol. The molecule has 1 fully saturated rings. The number of urea groups is 2. The van der Waals surface area contributed by atoms with Gasteiger partial charge in [0.15, 0.2) is 0 Å². The predicted octanol–water partition coefficient (Wildman–Crippen LogP) is 5.10. The van der Waals surface area contributed by atoms with Crippen LogP contribution in [0, 0.1) is 12.8 Å². The number of hydrogen-bond acceptors (Lipinski definition) is 2. The van der Waals surface area contributed by atoms with Crippen LogP contribution in [0.15, 0.2) is 48.5 Å². The van der Waals surface area contributed by atoms with E-state index in [0.717, 1.165) is 30.5 Å². The molecule has 0 saturated carbocycles. The first-order valence-electron chi connectivity index (χ1n) is 9.93. The molecule has 1 aliphatic rings. The van der Waals surface area contributed by atoms with E-state index in [1.165, 1.54) is 0 Å². The monoisotopic (exact) mass is 414 g/mol. The lowest BCUT2D eigenvalue weighted by atomic mass is 9.94. The van der Waals surface area contributed by atoms with Crippen LogP contribution < -0.4 is 16.0 Å². The zero-order chi connectivity index (χ0) is 20.6. The molecule has 3 N–H and O–H groups in total. The van der Waals surface area contributed by atoms with Crippen molar-refractivity contribution in [1.82, 2.24) is 10.2 Å². The number of carbonyl (C=O) groups is 2. The molecule has 3 rings (SSSR count). The van der Waals surface area contributed by atoms with Crippen molar-refractivity contribution < 1.29 is 9.59 Å². The maximum Gasteiger partial charge on any atom is 0.321 e. The second-order valence-corrected chi connectivity index (χ2v) is 7.79. The number of aryl methyl sites for hydroxylation is 1. The fourth-order valence-corrected chi connectivity index (χ4v) is 3.65. The Bertz CT molecular complexity index is 850. The Morgan fingerprint density at radius 3 is 2.55 bits per heavy atom. The highest BCUT2D eigenvalue weighted by Crippen LogP contribution is 2.21. The quantitative estimate of drug-likeness (QED) is 0.636. The van der Waals surface area contributed by atoms with Crippen molar-refractivity contribution in [3.63, 3.8) is 0 Å². The number of benzene rings is 2. The summed E-state index contributed by atoms with van der Waals surface area (Å²) in [6.07, 6.45) is 2.78. The van der Waals surface area contributed by atoms with Crippen LogP contribution in [0.3, 0.4) is 0 Å². The molecule has 2 aromatic carbocycles. The van der Waals surface area contributed by atoms with Crippen molar-refractivity contribution in [3.05, 3.63) is 59.1 Å². The summed E-state index contributed by atoms with van der Waals surface area (Å²) in [5.74, 6) is 0.504. The van der Waals surface area contributed by atoms with E-state index < -0.39 is 0 Å². The van der Waals surface area contributed by atoms with Gasteiger partial charge in [0.05, 0.1) is 0 Å². The predicted molar refractivity (Wildman–Crippen MR) is 118 cm³/mol. The molecule has 0 atom stereocenters. The molecule has 2 aromatic rings. The van der Waals surface area contributed by atoms with E-state index in [1.807, 2.05) is 48.2 Å². The van der Waals surface area contributed by atoms with Crippen LogP contribution in [0.1, 0.15) is 24.8 Å². The van der Waals surface area contributed by atoms with Gasteiger partial charge in [-0.05, 0) is 61.9 Å². The number of hydrogen-bond donors (Lipinski definition) is 3. The lowest BCUT2D eigenvalue weighted by Gasteiger charge is -2.32. The minimum Gasteiger partial charge on any atom is -0.338 e. The summed E-state index contributed by atoms with van der Waals surface area (Å²) < 4.78 is 0. The molecule has 29 heavy (non-hydrogen) atoms. The number of carbonyl (C=O) groups excluding carboxylic acids is 2. The average Bonchev–Trinajstić information content (AvgIpc) is 2.70. The summed E-state index contributed by atoms with van der Waals surface area (Å²) in [6.45, 7) is 4.02. The second kappa shape index (κ2) is 10.2. The fourth-order valence-electron chi connectivity index (χ4n) is 3.46. The Morgan fingerprint density at radius 1 is 1.07 bits per heavy atom. The van der Waals surface area contributed by atoms with Crippen molar-refractivity contribution in [2.24, 2.45) is 5.92 Å². The molecule has 0 aliphatic carbocycles. The number of rotatable bonds is 5. The molecule has 1 heterocycles. The maximum atomic E-state index is 12.4. The molecule has 1 aliphatic heterocycles. The largest absolute Gasteiger partial charge is 0.338 e. The van der Waals surface area contributed by atoms with E-state index in [0.29, 0.717) is 36.3 Å². The lowest BCUT2D eigenvalue weighted by molar-refractivity contribution is 0.180. The van der Waals surface area contributed by atoms with Crippen molar-refractivity contribution in [1.29, 1.82) is 0 Å². The fraction of sp³-hybridized carbons (Fsp3) is 0.364. The summed E-state index contributed by atoms with van der Waals surface area (Å²) in [5.41, 5.74) is 2.56. The standard InChI is InChI=1S/C22H27ClN4O2/c1-16-5-2-3-8-20(16)26-21(28)24-12-9-17-10-13-27(14-11-17)22(29)25-19-7-4-6-18(23)15-19/h2-8,15,17H,9-14H2,1H3,(H,25,29)(H2,24,26,28). The van der Waals surface area contributed by atoms with E-state index in [4.69, 9.17) is 11.6 Å². The van der Waals surface area contributed by atoms with E-state index in [9.17, 15) is 9.59 Å². The molecular formula is C22H27ClN4O2.